The monoisotopic (exact) mass is 350 g/mol. The first-order valence-corrected chi connectivity index (χ1v) is 8.13. The average molecular weight is 351 g/mol. The fraction of sp³-hybridized carbons (Fsp3) is 0.278. The molecular formula is C18H17ClF2N2O. The number of benzene rings is 2. The molecule has 0 aromatic heterocycles. The van der Waals surface area contributed by atoms with Crippen molar-refractivity contribution in [2.45, 2.75) is 25.4 Å². The van der Waals surface area contributed by atoms with E-state index in [0.717, 1.165) is 18.9 Å². The third kappa shape index (κ3) is 4.30. The molecule has 126 valence electrons. The minimum atomic E-state index is -0.606. The molecule has 0 heterocycles. The molecule has 1 aliphatic carbocycles. The van der Waals surface area contributed by atoms with Crippen molar-refractivity contribution in [3.63, 3.8) is 0 Å². The molecule has 1 N–H and O–H groups in total. The Hall–Kier alpha value is -1.98. The number of rotatable bonds is 6. The van der Waals surface area contributed by atoms with Crippen molar-refractivity contribution in [3.05, 3.63) is 64.7 Å². The van der Waals surface area contributed by atoms with Gasteiger partial charge in [0, 0.05) is 24.2 Å². The Morgan fingerprint density at radius 1 is 1.21 bits per heavy atom. The summed E-state index contributed by atoms with van der Waals surface area (Å²) in [4.78, 5) is 14.2. The lowest BCUT2D eigenvalue weighted by Crippen LogP contribution is -2.34. The zero-order valence-electron chi connectivity index (χ0n) is 12.9. The number of para-hydroxylation sites is 1. The quantitative estimate of drug-likeness (QED) is 0.846. The molecule has 1 saturated carbocycles. The highest BCUT2D eigenvalue weighted by Crippen LogP contribution is 2.29. The molecule has 0 unspecified atom stereocenters. The van der Waals surface area contributed by atoms with Gasteiger partial charge in [0.25, 0.3) is 0 Å². The highest BCUT2D eigenvalue weighted by molar-refractivity contribution is 6.33. The molecule has 0 bridgehead atoms. The summed E-state index contributed by atoms with van der Waals surface area (Å²) in [5.41, 5.74) is 0.932. The van der Waals surface area contributed by atoms with E-state index in [9.17, 15) is 13.6 Å². The summed E-state index contributed by atoms with van der Waals surface area (Å²) < 4.78 is 26.9. The van der Waals surface area contributed by atoms with Gasteiger partial charge in [0.1, 0.15) is 11.6 Å². The number of carbonyl (C=O) groups excluding carboxylic acids is 1. The summed E-state index contributed by atoms with van der Waals surface area (Å²) in [6.45, 7) is 0.402. The molecule has 24 heavy (non-hydrogen) atoms. The number of halogens is 3. The van der Waals surface area contributed by atoms with Crippen LogP contribution in [0.2, 0.25) is 5.02 Å². The minimum Gasteiger partial charge on any atom is -0.324 e. The summed E-state index contributed by atoms with van der Waals surface area (Å²) in [6.07, 6.45) is 1.95. The van der Waals surface area contributed by atoms with Crippen LogP contribution in [0.1, 0.15) is 18.4 Å². The van der Waals surface area contributed by atoms with Crippen LogP contribution in [-0.2, 0) is 11.3 Å². The molecule has 0 saturated heterocycles. The van der Waals surface area contributed by atoms with E-state index in [1.807, 2.05) is 4.90 Å². The van der Waals surface area contributed by atoms with Crippen LogP contribution in [0.5, 0.6) is 0 Å². The summed E-state index contributed by atoms with van der Waals surface area (Å²) in [7, 11) is 0. The standard InChI is InChI=1S/C18H17ClF2N2O/c19-15-3-1-2-4-17(15)22-18(24)11-23(14-7-8-14)10-12-5-6-13(20)9-16(12)21/h1-6,9,14H,7-8,10-11H2,(H,22,24). The molecule has 2 aromatic carbocycles. The van der Waals surface area contributed by atoms with Crippen LogP contribution in [0.15, 0.2) is 42.5 Å². The van der Waals surface area contributed by atoms with Crippen molar-refractivity contribution in [2.24, 2.45) is 0 Å². The highest BCUT2D eigenvalue weighted by atomic mass is 35.5. The number of nitrogens with zero attached hydrogens (tertiary/aromatic N) is 1. The van der Waals surface area contributed by atoms with Crippen LogP contribution >= 0.6 is 11.6 Å². The Kier molecular flexibility index (Phi) is 5.11. The van der Waals surface area contributed by atoms with Crippen molar-refractivity contribution in [3.8, 4) is 0 Å². The first-order valence-electron chi connectivity index (χ1n) is 7.75. The van der Waals surface area contributed by atoms with Gasteiger partial charge in [-0.25, -0.2) is 8.78 Å². The van der Waals surface area contributed by atoms with Crippen molar-refractivity contribution in [2.75, 3.05) is 11.9 Å². The fourth-order valence-corrected chi connectivity index (χ4v) is 2.74. The molecule has 6 heteroatoms. The molecule has 0 radical (unpaired) electrons. The first kappa shape index (κ1) is 16.9. The Morgan fingerprint density at radius 3 is 2.62 bits per heavy atom. The van der Waals surface area contributed by atoms with Crippen LogP contribution < -0.4 is 5.32 Å². The predicted octanol–water partition coefficient (Wildman–Crippen LogP) is 4.22. The number of anilines is 1. The van der Waals surface area contributed by atoms with Crippen LogP contribution in [0.25, 0.3) is 0 Å². The summed E-state index contributed by atoms with van der Waals surface area (Å²) in [5.74, 6) is -1.41. The highest BCUT2D eigenvalue weighted by Gasteiger charge is 2.31. The second-order valence-electron chi connectivity index (χ2n) is 5.90. The fourth-order valence-electron chi connectivity index (χ4n) is 2.56. The third-order valence-corrected chi connectivity index (χ3v) is 4.28. The Labute approximate surface area is 144 Å². The van der Waals surface area contributed by atoms with Crippen molar-refractivity contribution in [1.82, 2.24) is 4.90 Å². The van der Waals surface area contributed by atoms with Gasteiger partial charge in [-0.2, -0.15) is 0 Å². The van der Waals surface area contributed by atoms with Gasteiger partial charge in [0.2, 0.25) is 5.91 Å². The first-order chi connectivity index (χ1) is 11.5. The van der Waals surface area contributed by atoms with E-state index < -0.39 is 11.6 Å². The number of amides is 1. The summed E-state index contributed by atoms with van der Waals surface area (Å²) in [5, 5.41) is 3.23. The maximum Gasteiger partial charge on any atom is 0.238 e. The topological polar surface area (TPSA) is 32.3 Å². The van der Waals surface area contributed by atoms with E-state index >= 15 is 0 Å². The smallest absolute Gasteiger partial charge is 0.238 e. The molecule has 3 nitrogen and oxygen atoms in total. The molecule has 0 aliphatic heterocycles. The normalized spacial score (nSPS) is 14.0. The Morgan fingerprint density at radius 2 is 1.96 bits per heavy atom. The molecule has 0 atom stereocenters. The van der Waals surface area contributed by atoms with Crippen LogP contribution in [0.4, 0.5) is 14.5 Å². The summed E-state index contributed by atoms with van der Waals surface area (Å²) in [6, 6.07) is 10.8. The van der Waals surface area contributed by atoms with E-state index in [0.29, 0.717) is 16.3 Å². The van der Waals surface area contributed by atoms with Crippen LogP contribution in [0.3, 0.4) is 0 Å². The van der Waals surface area contributed by atoms with Gasteiger partial charge in [0.05, 0.1) is 17.3 Å². The number of carbonyl (C=O) groups is 1. The van der Waals surface area contributed by atoms with Crippen LogP contribution in [-0.4, -0.2) is 23.4 Å². The van der Waals surface area contributed by atoms with Crippen molar-refractivity contribution >= 4 is 23.2 Å². The molecule has 0 spiro atoms. The summed E-state index contributed by atoms with van der Waals surface area (Å²) >= 11 is 6.03. The maximum absolute atomic E-state index is 13.8. The molecule has 3 rings (SSSR count). The zero-order chi connectivity index (χ0) is 17.1. The lowest BCUT2D eigenvalue weighted by molar-refractivity contribution is -0.117. The lowest BCUT2D eigenvalue weighted by atomic mass is 10.2. The van der Waals surface area contributed by atoms with Gasteiger partial charge in [0.15, 0.2) is 0 Å². The lowest BCUT2D eigenvalue weighted by Gasteiger charge is -2.22. The van der Waals surface area contributed by atoms with Gasteiger partial charge in [-0.15, -0.1) is 0 Å². The predicted molar refractivity (Wildman–Crippen MR) is 89.9 cm³/mol. The second kappa shape index (κ2) is 7.28. The third-order valence-electron chi connectivity index (χ3n) is 3.95. The van der Waals surface area contributed by atoms with Gasteiger partial charge in [-0.05, 0) is 31.0 Å². The van der Waals surface area contributed by atoms with Gasteiger partial charge in [-0.3, -0.25) is 9.69 Å². The van der Waals surface area contributed by atoms with E-state index in [2.05, 4.69) is 5.32 Å². The van der Waals surface area contributed by atoms with Gasteiger partial charge in [-0.1, -0.05) is 29.8 Å². The Balaban J connectivity index is 1.66. The molecule has 1 amide bonds. The van der Waals surface area contributed by atoms with E-state index in [-0.39, 0.29) is 25.0 Å². The molecule has 1 fully saturated rings. The van der Waals surface area contributed by atoms with E-state index in [1.165, 1.54) is 12.1 Å². The number of hydrogen-bond donors (Lipinski definition) is 1. The van der Waals surface area contributed by atoms with E-state index in [1.54, 1.807) is 24.3 Å². The maximum atomic E-state index is 13.8. The van der Waals surface area contributed by atoms with Crippen molar-refractivity contribution in [1.29, 1.82) is 0 Å². The van der Waals surface area contributed by atoms with Gasteiger partial charge >= 0.3 is 0 Å². The largest absolute Gasteiger partial charge is 0.324 e. The molecule has 2 aromatic rings. The zero-order valence-corrected chi connectivity index (χ0v) is 13.7. The van der Waals surface area contributed by atoms with Crippen molar-refractivity contribution < 1.29 is 13.6 Å². The van der Waals surface area contributed by atoms with Gasteiger partial charge < -0.3 is 5.32 Å². The number of nitrogens with one attached hydrogen (secondary N) is 1. The number of hydrogen-bond acceptors (Lipinski definition) is 2. The minimum absolute atomic E-state index is 0.132. The van der Waals surface area contributed by atoms with E-state index in [4.69, 9.17) is 11.6 Å². The second-order valence-corrected chi connectivity index (χ2v) is 6.31. The molecule has 1 aliphatic rings. The Bertz CT molecular complexity index is 750. The average Bonchev–Trinajstić information content (AvgIpc) is 3.36. The van der Waals surface area contributed by atoms with Crippen LogP contribution in [0, 0.1) is 11.6 Å². The SMILES string of the molecule is O=C(CN(Cc1ccc(F)cc1F)C1CC1)Nc1ccccc1Cl. The molecular weight excluding hydrogens is 334 g/mol.